The van der Waals surface area contributed by atoms with E-state index < -0.39 is 0 Å². The molecule has 0 aliphatic rings. The van der Waals surface area contributed by atoms with E-state index >= 15 is 0 Å². The Morgan fingerprint density at radius 1 is 1.13 bits per heavy atom. The van der Waals surface area contributed by atoms with Gasteiger partial charge >= 0.3 is 0 Å². The molecule has 0 bridgehead atoms. The molecule has 4 heteroatoms. The van der Waals surface area contributed by atoms with Gasteiger partial charge in [-0.2, -0.15) is 11.8 Å². The van der Waals surface area contributed by atoms with E-state index in [4.69, 9.17) is 0 Å². The van der Waals surface area contributed by atoms with Crippen LogP contribution >= 0.6 is 11.8 Å². The number of thioether (sulfide) groups is 1. The Labute approximate surface area is 97.8 Å². The molecule has 0 radical (unpaired) electrons. The standard InChI is InChI=1S/C11H24N2OS/c1-12-11(14)7-6-9-13-8-4-3-5-10-15-2/h13H,3-10H2,1-2H3,(H,12,14). The number of unbranched alkanes of at least 4 members (excludes halogenated alkanes) is 2. The van der Waals surface area contributed by atoms with Crippen LogP contribution in [0.4, 0.5) is 0 Å². The Bertz CT molecular complexity index is 154. The molecule has 3 nitrogen and oxygen atoms in total. The van der Waals surface area contributed by atoms with Gasteiger partial charge in [0.2, 0.25) is 5.91 Å². The van der Waals surface area contributed by atoms with E-state index in [0.29, 0.717) is 6.42 Å². The minimum absolute atomic E-state index is 0.136. The number of nitrogens with one attached hydrogen (secondary N) is 2. The zero-order valence-electron chi connectivity index (χ0n) is 9.97. The highest BCUT2D eigenvalue weighted by atomic mass is 32.2. The summed E-state index contributed by atoms with van der Waals surface area (Å²) in [5.41, 5.74) is 0. The van der Waals surface area contributed by atoms with Crippen molar-refractivity contribution in [2.45, 2.75) is 32.1 Å². The molecular formula is C11H24N2OS. The number of amides is 1. The molecule has 15 heavy (non-hydrogen) atoms. The molecule has 0 saturated heterocycles. The summed E-state index contributed by atoms with van der Waals surface area (Å²) >= 11 is 1.91. The van der Waals surface area contributed by atoms with Crippen molar-refractivity contribution in [1.82, 2.24) is 10.6 Å². The van der Waals surface area contributed by atoms with Gasteiger partial charge in [-0.15, -0.1) is 0 Å². The number of carbonyl (C=O) groups is 1. The molecule has 0 aromatic heterocycles. The second-order valence-electron chi connectivity index (χ2n) is 3.58. The molecule has 0 unspecified atom stereocenters. The predicted molar refractivity (Wildman–Crippen MR) is 68.4 cm³/mol. The van der Waals surface area contributed by atoms with Gasteiger partial charge in [0.05, 0.1) is 0 Å². The summed E-state index contributed by atoms with van der Waals surface area (Å²) in [6.45, 7) is 2.04. The number of hydrogen-bond donors (Lipinski definition) is 2. The first kappa shape index (κ1) is 14.8. The minimum atomic E-state index is 0.136. The highest BCUT2D eigenvalue weighted by Gasteiger charge is 1.96. The molecule has 1 amide bonds. The lowest BCUT2D eigenvalue weighted by Gasteiger charge is -2.04. The van der Waals surface area contributed by atoms with Gasteiger partial charge in [-0.25, -0.2) is 0 Å². The van der Waals surface area contributed by atoms with Gasteiger partial charge in [-0.05, 0) is 44.4 Å². The molecule has 0 rings (SSSR count). The Morgan fingerprint density at radius 2 is 1.87 bits per heavy atom. The Morgan fingerprint density at radius 3 is 2.53 bits per heavy atom. The Kier molecular flexibility index (Phi) is 11.7. The van der Waals surface area contributed by atoms with Gasteiger partial charge < -0.3 is 10.6 Å². The van der Waals surface area contributed by atoms with Crippen molar-refractivity contribution in [2.75, 3.05) is 32.1 Å². The predicted octanol–water partition coefficient (Wildman–Crippen LogP) is 1.64. The van der Waals surface area contributed by atoms with E-state index in [9.17, 15) is 4.79 Å². The maximum atomic E-state index is 10.9. The highest BCUT2D eigenvalue weighted by molar-refractivity contribution is 7.98. The van der Waals surface area contributed by atoms with E-state index in [1.54, 1.807) is 7.05 Å². The molecule has 0 fully saturated rings. The van der Waals surface area contributed by atoms with Crippen LogP contribution in [0.1, 0.15) is 32.1 Å². The Hall–Kier alpha value is -0.220. The maximum absolute atomic E-state index is 10.9. The van der Waals surface area contributed by atoms with Crippen molar-refractivity contribution in [3.8, 4) is 0 Å². The molecule has 2 N–H and O–H groups in total. The second kappa shape index (κ2) is 11.9. The van der Waals surface area contributed by atoms with Crippen molar-refractivity contribution in [2.24, 2.45) is 0 Å². The molecule has 0 aromatic carbocycles. The normalized spacial score (nSPS) is 10.3. The van der Waals surface area contributed by atoms with Crippen LogP contribution < -0.4 is 10.6 Å². The van der Waals surface area contributed by atoms with Gasteiger partial charge in [-0.1, -0.05) is 6.42 Å². The minimum Gasteiger partial charge on any atom is -0.359 e. The summed E-state index contributed by atoms with van der Waals surface area (Å²) in [4.78, 5) is 10.9. The molecule has 0 heterocycles. The van der Waals surface area contributed by atoms with E-state index in [1.807, 2.05) is 11.8 Å². The van der Waals surface area contributed by atoms with E-state index in [1.165, 1.54) is 25.0 Å². The van der Waals surface area contributed by atoms with Gasteiger partial charge in [0.1, 0.15) is 0 Å². The second-order valence-corrected chi connectivity index (χ2v) is 4.57. The van der Waals surface area contributed by atoms with Crippen molar-refractivity contribution in [3.05, 3.63) is 0 Å². The van der Waals surface area contributed by atoms with E-state index in [2.05, 4.69) is 16.9 Å². The van der Waals surface area contributed by atoms with Crippen LogP contribution in [0.15, 0.2) is 0 Å². The molecular weight excluding hydrogens is 208 g/mol. The zero-order chi connectivity index (χ0) is 11.4. The van der Waals surface area contributed by atoms with Crippen LogP contribution in [0.25, 0.3) is 0 Å². The molecule has 0 spiro atoms. The first-order valence-corrected chi connectivity index (χ1v) is 7.11. The lowest BCUT2D eigenvalue weighted by atomic mass is 10.2. The number of rotatable bonds is 10. The summed E-state index contributed by atoms with van der Waals surface area (Å²) in [5.74, 6) is 1.41. The fourth-order valence-corrected chi connectivity index (χ4v) is 1.79. The monoisotopic (exact) mass is 232 g/mol. The van der Waals surface area contributed by atoms with E-state index in [0.717, 1.165) is 19.5 Å². The van der Waals surface area contributed by atoms with Crippen molar-refractivity contribution < 1.29 is 4.79 Å². The summed E-state index contributed by atoms with van der Waals surface area (Å²) in [6.07, 6.45) is 7.60. The average molecular weight is 232 g/mol. The maximum Gasteiger partial charge on any atom is 0.219 e. The molecule has 0 atom stereocenters. The first-order chi connectivity index (χ1) is 7.31. The van der Waals surface area contributed by atoms with Crippen molar-refractivity contribution >= 4 is 17.7 Å². The molecule has 0 saturated carbocycles. The van der Waals surface area contributed by atoms with Crippen LogP contribution in [0.5, 0.6) is 0 Å². The largest absolute Gasteiger partial charge is 0.359 e. The molecule has 0 aliphatic carbocycles. The lowest BCUT2D eigenvalue weighted by molar-refractivity contribution is -0.120. The van der Waals surface area contributed by atoms with Crippen LogP contribution in [0.2, 0.25) is 0 Å². The van der Waals surface area contributed by atoms with Crippen LogP contribution in [-0.2, 0) is 4.79 Å². The zero-order valence-corrected chi connectivity index (χ0v) is 10.8. The van der Waals surface area contributed by atoms with Crippen molar-refractivity contribution in [3.63, 3.8) is 0 Å². The quantitative estimate of drug-likeness (QED) is 0.563. The average Bonchev–Trinajstić information content (AvgIpc) is 2.26. The van der Waals surface area contributed by atoms with Gasteiger partial charge in [0, 0.05) is 13.5 Å². The van der Waals surface area contributed by atoms with E-state index in [-0.39, 0.29) is 5.91 Å². The summed E-state index contributed by atoms with van der Waals surface area (Å²) in [5, 5.41) is 5.98. The summed E-state index contributed by atoms with van der Waals surface area (Å²) < 4.78 is 0. The van der Waals surface area contributed by atoms with Crippen LogP contribution in [0, 0.1) is 0 Å². The SMILES string of the molecule is CNC(=O)CCCNCCCCCSC. The molecule has 0 aliphatic heterocycles. The smallest absolute Gasteiger partial charge is 0.219 e. The number of carbonyl (C=O) groups excluding carboxylic acids is 1. The Balaban J connectivity index is 2.95. The first-order valence-electron chi connectivity index (χ1n) is 5.71. The van der Waals surface area contributed by atoms with Crippen molar-refractivity contribution in [1.29, 1.82) is 0 Å². The molecule has 0 aromatic rings. The molecule has 90 valence electrons. The fourth-order valence-electron chi connectivity index (χ4n) is 1.30. The third-order valence-electron chi connectivity index (χ3n) is 2.24. The number of hydrogen-bond acceptors (Lipinski definition) is 3. The van der Waals surface area contributed by atoms with Crippen LogP contribution in [-0.4, -0.2) is 38.1 Å². The fraction of sp³-hybridized carbons (Fsp3) is 0.909. The summed E-state index contributed by atoms with van der Waals surface area (Å²) in [6, 6.07) is 0. The van der Waals surface area contributed by atoms with Crippen LogP contribution in [0.3, 0.4) is 0 Å². The van der Waals surface area contributed by atoms with Gasteiger partial charge in [0.15, 0.2) is 0 Å². The summed E-state index contributed by atoms with van der Waals surface area (Å²) in [7, 11) is 1.68. The topological polar surface area (TPSA) is 41.1 Å². The van der Waals surface area contributed by atoms with Gasteiger partial charge in [0.25, 0.3) is 0 Å². The highest BCUT2D eigenvalue weighted by Crippen LogP contribution is 2.01. The lowest BCUT2D eigenvalue weighted by Crippen LogP contribution is -2.21. The van der Waals surface area contributed by atoms with Gasteiger partial charge in [-0.3, -0.25) is 4.79 Å². The third-order valence-corrected chi connectivity index (χ3v) is 2.94. The third kappa shape index (κ3) is 11.7.